The van der Waals surface area contributed by atoms with E-state index in [0.717, 1.165) is 10.2 Å². The van der Waals surface area contributed by atoms with Crippen molar-refractivity contribution in [1.82, 2.24) is 4.98 Å². The Balaban J connectivity index is 1.45. The molecule has 0 fully saturated rings. The number of nitrogens with one attached hydrogen (secondary N) is 2. The van der Waals surface area contributed by atoms with E-state index in [1.807, 2.05) is 0 Å². The molecule has 0 radical (unpaired) electrons. The van der Waals surface area contributed by atoms with Crippen LogP contribution in [0.5, 0.6) is 5.75 Å². The molecule has 4 rings (SSSR count). The number of nitrogens with zero attached hydrogens (tertiary/aromatic N) is 1. The van der Waals surface area contributed by atoms with E-state index in [-0.39, 0.29) is 18.2 Å². The van der Waals surface area contributed by atoms with Crippen LogP contribution in [0.25, 0.3) is 10.2 Å². The molecule has 2 aromatic carbocycles. The third-order valence-electron chi connectivity index (χ3n) is 3.67. The molecule has 0 saturated heterocycles. The van der Waals surface area contributed by atoms with E-state index in [2.05, 4.69) is 15.6 Å². The van der Waals surface area contributed by atoms with Gasteiger partial charge in [-0.25, -0.2) is 4.98 Å². The lowest BCUT2D eigenvalue weighted by molar-refractivity contribution is -0.128. The van der Waals surface area contributed by atoms with Gasteiger partial charge in [0.05, 0.1) is 22.3 Å². The first kappa shape index (κ1) is 15.9. The molecule has 0 saturated carbocycles. The largest absolute Gasteiger partial charge is 0.478 e. The number of ether oxygens (including phenoxy) is 1. The molecule has 2 N–H and O–H groups in total. The van der Waals surface area contributed by atoms with Crippen LogP contribution in [0.4, 0.5) is 10.8 Å². The summed E-state index contributed by atoms with van der Waals surface area (Å²) in [5, 5.41) is 6.51. The van der Waals surface area contributed by atoms with Crippen molar-refractivity contribution in [2.45, 2.75) is 12.5 Å². The molecule has 0 aliphatic carbocycles. The molecule has 1 aliphatic rings. The summed E-state index contributed by atoms with van der Waals surface area (Å²) >= 11 is 7.27. The Bertz CT molecular complexity index is 988. The van der Waals surface area contributed by atoms with Crippen LogP contribution in [0.15, 0.2) is 42.5 Å². The molecule has 1 unspecified atom stereocenters. The van der Waals surface area contributed by atoms with E-state index >= 15 is 0 Å². The number of para-hydroxylation sites is 2. The molecule has 0 spiro atoms. The zero-order valence-electron chi connectivity index (χ0n) is 12.8. The second kappa shape index (κ2) is 6.34. The number of thiazole rings is 1. The van der Waals surface area contributed by atoms with Crippen LogP contribution in [-0.2, 0) is 9.59 Å². The van der Waals surface area contributed by atoms with E-state index in [1.165, 1.54) is 11.3 Å². The van der Waals surface area contributed by atoms with Gasteiger partial charge in [-0.3, -0.25) is 9.59 Å². The van der Waals surface area contributed by atoms with E-state index in [1.54, 1.807) is 42.5 Å². The lowest BCUT2D eigenvalue weighted by Crippen LogP contribution is -2.39. The Morgan fingerprint density at radius 3 is 3.04 bits per heavy atom. The zero-order chi connectivity index (χ0) is 17.4. The van der Waals surface area contributed by atoms with Crippen LogP contribution in [0.2, 0.25) is 5.02 Å². The number of carbonyl (C=O) groups excluding carboxylic acids is 2. The highest BCUT2D eigenvalue weighted by Crippen LogP contribution is 2.31. The minimum absolute atomic E-state index is 0.100. The van der Waals surface area contributed by atoms with Crippen molar-refractivity contribution >= 4 is 55.8 Å². The molecule has 1 aliphatic heterocycles. The number of amides is 2. The van der Waals surface area contributed by atoms with Crippen LogP contribution in [-0.4, -0.2) is 22.9 Å². The molecule has 1 aromatic heterocycles. The summed E-state index contributed by atoms with van der Waals surface area (Å²) in [5.74, 6) is -0.135. The first-order valence-corrected chi connectivity index (χ1v) is 8.70. The van der Waals surface area contributed by atoms with Crippen molar-refractivity contribution < 1.29 is 14.3 Å². The summed E-state index contributed by atoms with van der Waals surface area (Å²) in [7, 11) is 0. The first-order valence-electron chi connectivity index (χ1n) is 7.51. The zero-order valence-corrected chi connectivity index (χ0v) is 14.4. The predicted octanol–water partition coefficient (Wildman–Crippen LogP) is 3.68. The summed E-state index contributed by atoms with van der Waals surface area (Å²) in [4.78, 5) is 28.7. The number of anilines is 2. The Kier molecular flexibility index (Phi) is 4.03. The van der Waals surface area contributed by atoms with Gasteiger partial charge in [0.15, 0.2) is 11.2 Å². The van der Waals surface area contributed by atoms with Crippen molar-refractivity contribution in [3.63, 3.8) is 0 Å². The number of carbonyl (C=O) groups is 2. The molecular formula is C17H12ClN3O3S. The van der Waals surface area contributed by atoms with Crippen LogP contribution in [0.1, 0.15) is 6.42 Å². The minimum Gasteiger partial charge on any atom is -0.478 e. The third kappa shape index (κ3) is 3.29. The van der Waals surface area contributed by atoms with Crippen molar-refractivity contribution in [3.05, 3.63) is 47.5 Å². The van der Waals surface area contributed by atoms with Crippen molar-refractivity contribution in [2.75, 3.05) is 10.6 Å². The monoisotopic (exact) mass is 373 g/mol. The Morgan fingerprint density at radius 1 is 1.32 bits per heavy atom. The molecule has 1 atom stereocenters. The van der Waals surface area contributed by atoms with Gasteiger partial charge in [0.25, 0.3) is 5.91 Å². The summed E-state index contributed by atoms with van der Waals surface area (Å²) in [6.07, 6.45) is -0.977. The SMILES string of the molecule is O=C(CC1Oc2ccccc2NC1=O)Nc1nc2ccc(Cl)cc2s1. The van der Waals surface area contributed by atoms with Gasteiger partial charge in [0, 0.05) is 5.02 Å². The molecule has 3 aromatic rings. The topological polar surface area (TPSA) is 80.3 Å². The molecule has 25 heavy (non-hydrogen) atoms. The molecule has 0 bridgehead atoms. The highest BCUT2D eigenvalue weighted by molar-refractivity contribution is 7.22. The maximum Gasteiger partial charge on any atom is 0.266 e. The van der Waals surface area contributed by atoms with E-state index < -0.39 is 6.10 Å². The van der Waals surface area contributed by atoms with Crippen LogP contribution in [0, 0.1) is 0 Å². The maximum atomic E-state index is 12.3. The first-order chi connectivity index (χ1) is 12.1. The van der Waals surface area contributed by atoms with Gasteiger partial charge >= 0.3 is 0 Å². The average molecular weight is 374 g/mol. The molecule has 8 heteroatoms. The van der Waals surface area contributed by atoms with Crippen molar-refractivity contribution in [3.8, 4) is 5.75 Å². The van der Waals surface area contributed by atoms with Crippen LogP contribution < -0.4 is 15.4 Å². The fraction of sp³-hybridized carbons (Fsp3) is 0.118. The number of fused-ring (bicyclic) bond motifs is 2. The van der Waals surface area contributed by atoms with E-state index in [0.29, 0.717) is 21.6 Å². The predicted molar refractivity (Wildman–Crippen MR) is 97.4 cm³/mol. The molecular weight excluding hydrogens is 362 g/mol. The van der Waals surface area contributed by atoms with Gasteiger partial charge in [0.2, 0.25) is 5.91 Å². The lowest BCUT2D eigenvalue weighted by Gasteiger charge is -2.25. The van der Waals surface area contributed by atoms with Gasteiger partial charge in [-0.2, -0.15) is 0 Å². The van der Waals surface area contributed by atoms with Crippen LogP contribution >= 0.6 is 22.9 Å². The standard InChI is InChI=1S/C17H12ClN3O3S/c18-9-5-6-11-14(7-9)25-17(20-11)21-15(22)8-13-16(23)19-10-3-1-2-4-12(10)24-13/h1-7,13H,8H2,(H,19,23)(H,20,21,22). The highest BCUT2D eigenvalue weighted by atomic mass is 35.5. The molecule has 6 nitrogen and oxygen atoms in total. The average Bonchev–Trinajstić information content (AvgIpc) is 2.96. The maximum absolute atomic E-state index is 12.3. The normalized spacial score (nSPS) is 16.0. The van der Waals surface area contributed by atoms with Gasteiger partial charge in [-0.05, 0) is 30.3 Å². The van der Waals surface area contributed by atoms with Gasteiger partial charge in [-0.1, -0.05) is 35.1 Å². The molecule has 2 heterocycles. The molecule has 126 valence electrons. The number of hydrogen-bond donors (Lipinski definition) is 2. The van der Waals surface area contributed by atoms with E-state index in [9.17, 15) is 9.59 Å². The summed E-state index contributed by atoms with van der Waals surface area (Å²) in [6, 6.07) is 12.4. The fourth-order valence-electron chi connectivity index (χ4n) is 2.52. The summed E-state index contributed by atoms with van der Waals surface area (Å²) < 4.78 is 6.50. The number of halogens is 1. The highest BCUT2D eigenvalue weighted by Gasteiger charge is 2.29. The number of rotatable bonds is 3. The molecule has 2 amide bonds. The Labute approximate surface area is 151 Å². The fourth-order valence-corrected chi connectivity index (χ4v) is 3.68. The smallest absolute Gasteiger partial charge is 0.266 e. The van der Waals surface area contributed by atoms with Gasteiger partial charge in [0.1, 0.15) is 5.75 Å². The second-order valence-electron chi connectivity index (χ2n) is 5.48. The van der Waals surface area contributed by atoms with Crippen molar-refractivity contribution in [1.29, 1.82) is 0 Å². The van der Waals surface area contributed by atoms with Gasteiger partial charge < -0.3 is 15.4 Å². The van der Waals surface area contributed by atoms with Gasteiger partial charge in [-0.15, -0.1) is 0 Å². The summed E-state index contributed by atoms with van der Waals surface area (Å²) in [5.41, 5.74) is 1.36. The lowest BCUT2D eigenvalue weighted by atomic mass is 10.1. The quantitative estimate of drug-likeness (QED) is 0.734. The second-order valence-corrected chi connectivity index (χ2v) is 6.94. The number of hydrogen-bond acceptors (Lipinski definition) is 5. The van der Waals surface area contributed by atoms with Crippen molar-refractivity contribution in [2.24, 2.45) is 0 Å². The van der Waals surface area contributed by atoms with Crippen LogP contribution in [0.3, 0.4) is 0 Å². The summed E-state index contributed by atoms with van der Waals surface area (Å²) in [6.45, 7) is 0. The number of aromatic nitrogens is 1. The Morgan fingerprint density at radius 2 is 2.16 bits per heavy atom. The Hall–Kier alpha value is -2.64. The minimum atomic E-state index is -0.876. The van der Waals surface area contributed by atoms with E-state index in [4.69, 9.17) is 16.3 Å². The number of benzene rings is 2. The third-order valence-corrected chi connectivity index (χ3v) is 4.84.